The lowest BCUT2D eigenvalue weighted by Gasteiger charge is -2.21. The van der Waals surface area contributed by atoms with E-state index in [0.29, 0.717) is 11.6 Å². The maximum Gasteiger partial charge on any atom is 0.119 e. The fraction of sp³-hybridized carbons (Fsp3) is 0.438. The Bertz CT molecular complexity index is 583. The van der Waals surface area contributed by atoms with Gasteiger partial charge >= 0.3 is 0 Å². The lowest BCUT2D eigenvalue weighted by Crippen LogP contribution is -2.25. The standard InChI is InChI=1S/C16H22ClN3O/c1-4-18-15(16-14(17)11-19-20(16)5-2)12-8-7-9-13(10-12)21-6-3/h7-11,15,18H,4-6H2,1-3H3. The van der Waals surface area contributed by atoms with Gasteiger partial charge in [-0.1, -0.05) is 30.7 Å². The molecule has 1 heterocycles. The highest BCUT2D eigenvalue weighted by Gasteiger charge is 2.21. The normalized spacial score (nSPS) is 12.4. The van der Waals surface area contributed by atoms with Crippen molar-refractivity contribution in [2.45, 2.75) is 33.4 Å². The van der Waals surface area contributed by atoms with Gasteiger partial charge < -0.3 is 10.1 Å². The van der Waals surface area contributed by atoms with Gasteiger partial charge in [-0.25, -0.2) is 0 Å². The first kappa shape index (κ1) is 15.9. The summed E-state index contributed by atoms with van der Waals surface area (Å²) in [6, 6.07) is 8.12. The van der Waals surface area contributed by atoms with Crippen LogP contribution in [0.4, 0.5) is 0 Å². The Labute approximate surface area is 131 Å². The van der Waals surface area contributed by atoms with Crippen LogP contribution in [0.5, 0.6) is 5.75 Å². The third-order valence-corrected chi connectivity index (χ3v) is 3.61. The van der Waals surface area contributed by atoms with E-state index in [4.69, 9.17) is 16.3 Å². The molecule has 1 N–H and O–H groups in total. The van der Waals surface area contributed by atoms with Gasteiger partial charge in [-0.2, -0.15) is 5.10 Å². The molecule has 2 aromatic rings. The summed E-state index contributed by atoms with van der Waals surface area (Å²) in [5, 5.41) is 8.51. The smallest absolute Gasteiger partial charge is 0.119 e. The number of nitrogens with zero attached hydrogens (tertiary/aromatic N) is 2. The van der Waals surface area contributed by atoms with Crippen molar-refractivity contribution in [3.05, 3.63) is 46.7 Å². The molecule has 1 aromatic heterocycles. The van der Waals surface area contributed by atoms with Gasteiger partial charge in [0.25, 0.3) is 0 Å². The molecule has 0 bridgehead atoms. The van der Waals surface area contributed by atoms with Gasteiger partial charge in [0.2, 0.25) is 0 Å². The summed E-state index contributed by atoms with van der Waals surface area (Å²) in [5.74, 6) is 0.872. The van der Waals surface area contributed by atoms with Crippen LogP contribution >= 0.6 is 11.6 Å². The molecule has 0 spiro atoms. The quantitative estimate of drug-likeness (QED) is 0.848. The van der Waals surface area contributed by atoms with E-state index in [2.05, 4.69) is 36.4 Å². The van der Waals surface area contributed by atoms with Gasteiger partial charge in [0.1, 0.15) is 5.75 Å². The van der Waals surface area contributed by atoms with Crippen LogP contribution < -0.4 is 10.1 Å². The number of hydrogen-bond donors (Lipinski definition) is 1. The van der Waals surface area contributed by atoms with Crippen LogP contribution in [0.2, 0.25) is 5.02 Å². The second-order valence-electron chi connectivity index (χ2n) is 4.69. The summed E-state index contributed by atoms with van der Waals surface area (Å²) in [5.41, 5.74) is 2.12. The van der Waals surface area contributed by atoms with E-state index in [1.165, 1.54) is 0 Å². The molecule has 5 heteroatoms. The predicted molar refractivity (Wildman–Crippen MR) is 86.0 cm³/mol. The number of aryl methyl sites for hydroxylation is 1. The molecule has 0 radical (unpaired) electrons. The highest BCUT2D eigenvalue weighted by atomic mass is 35.5. The molecule has 1 aromatic carbocycles. The van der Waals surface area contributed by atoms with E-state index in [-0.39, 0.29) is 6.04 Å². The molecule has 1 unspecified atom stereocenters. The molecule has 0 aliphatic carbocycles. The van der Waals surface area contributed by atoms with E-state index in [9.17, 15) is 0 Å². The third kappa shape index (κ3) is 3.57. The fourth-order valence-corrected chi connectivity index (χ4v) is 2.69. The zero-order chi connectivity index (χ0) is 15.2. The number of nitrogens with one attached hydrogen (secondary N) is 1. The Morgan fingerprint density at radius 2 is 2.14 bits per heavy atom. The average molecular weight is 308 g/mol. The summed E-state index contributed by atoms with van der Waals surface area (Å²) in [6.45, 7) is 8.41. The van der Waals surface area contributed by atoms with Gasteiger partial charge in [-0.15, -0.1) is 0 Å². The van der Waals surface area contributed by atoms with Crippen molar-refractivity contribution in [2.75, 3.05) is 13.2 Å². The Balaban J connectivity index is 2.43. The van der Waals surface area contributed by atoms with Crippen LogP contribution in [0, 0.1) is 0 Å². The summed E-state index contributed by atoms with van der Waals surface area (Å²) in [4.78, 5) is 0. The van der Waals surface area contributed by atoms with E-state index < -0.39 is 0 Å². The van der Waals surface area contributed by atoms with Gasteiger partial charge in [0.15, 0.2) is 0 Å². The first-order valence-electron chi connectivity index (χ1n) is 7.38. The fourth-order valence-electron chi connectivity index (χ4n) is 2.44. The SMILES string of the molecule is CCNC(c1cccc(OCC)c1)c1c(Cl)cnn1CC. The predicted octanol–water partition coefficient (Wildman–Crippen LogP) is 3.65. The number of ether oxygens (including phenoxy) is 1. The molecule has 0 saturated heterocycles. The molecule has 0 aliphatic heterocycles. The molecule has 0 amide bonds. The summed E-state index contributed by atoms with van der Waals surface area (Å²) in [7, 11) is 0. The number of rotatable bonds is 7. The van der Waals surface area contributed by atoms with Crippen molar-refractivity contribution >= 4 is 11.6 Å². The molecule has 0 saturated carbocycles. The van der Waals surface area contributed by atoms with Crippen molar-refractivity contribution in [1.29, 1.82) is 0 Å². The molecule has 114 valence electrons. The molecule has 1 atom stereocenters. The first-order valence-corrected chi connectivity index (χ1v) is 7.76. The zero-order valence-corrected chi connectivity index (χ0v) is 13.5. The molecule has 0 fully saturated rings. The van der Waals surface area contributed by atoms with E-state index in [1.54, 1.807) is 6.20 Å². The Morgan fingerprint density at radius 1 is 1.33 bits per heavy atom. The van der Waals surface area contributed by atoms with E-state index in [1.807, 2.05) is 23.7 Å². The molecule has 21 heavy (non-hydrogen) atoms. The molecule has 0 aliphatic rings. The molecular weight excluding hydrogens is 286 g/mol. The maximum atomic E-state index is 6.35. The number of hydrogen-bond acceptors (Lipinski definition) is 3. The largest absolute Gasteiger partial charge is 0.494 e. The Kier molecular flexibility index (Phi) is 5.65. The lowest BCUT2D eigenvalue weighted by atomic mass is 10.0. The van der Waals surface area contributed by atoms with E-state index >= 15 is 0 Å². The van der Waals surface area contributed by atoms with Crippen LogP contribution in [0.25, 0.3) is 0 Å². The van der Waals surface area contributed by atoms with Crippen molar-refractivity contribution < 1.29 is 4.74 Å². The van der Waals surface area contributed by atoms with Crippen molar-refractivity contribution in [2.24, 2.45) is 0 Å². The number of aromatic nitrogens is 2. The monoisotopic (exact) mass is 307 g/mol. The van der Waals surface area contributed by atoms with Crippen molar-refractivity contribution in [3.63, 3.8) is 0 Å². The lowest BCUT2D eigenvalue weighted by molar-refractivity contribution is 0.339. The highest BCUT2D eigenvalue weighted by Crippen LogP contribution is 2.30. The number of benzene rings is 1. The average Bonchev–Trinajstić information content (AvgIpc) is 2.86. The van der Waals surface area contributed by atoms with Gasteiger partial charge in [-0.3, -0.25) is 4.68 Å². The minimum Gasteiger partial charge on any atom is -0.494 e. The summed E-state index contributed by atoms with van der Waals surface area (Å²) >= 11 is 6.35. The van der Waals surface area contributed by atoms with Crippen LogP contribution in [0.3, 0.4) is 0 Å². The van der Waals surface area contributed by atoms with Crippen LogP contribution in [0.1, 0.15) is 38.1 Å². The molecule has 2 rings (SSSR count). The highest BCUT2D eigenvalue weighted by molar-refractivity contribution is 6.31. The van der Waals surface area contributed by atoms with Crippen molar-refractivity contribution in [3.8, 4) is 5.75 Å². The van der Waals surface area contributed by atoms with Crippen molar-refractivity contribution in [1.82, 2.24) is 15.1 Å². The Morgan fingerprint density at radius 3 is 2.81 bits per heavy atom. The topological polar surface area (TPSA) is 39.1 Å². The number of halogens is 1. The summed E-state index contributed by atoms with van der Waals surface area (Å²) in [6.07, 6.45) is 1.71. The molecular formula is C16H22ClN3O. The Hall–Kier alpha value is -1.52. The minimum atomic E-state index is 0.00496. The molecule has 4 nitrogen and oxygen atoms in total. The van der Waals surface area contributed by atoms with Crippen LogP contribution in [-0.4, -0.2) is 22.9 Å². The third-order valence-electron chi connectivity index (χ3n) is 3.32. The van der Waals surface area contributed by atoms with Gasteiger partial charge in [0.05, 0.1) is 29.6 Å². The second-order valence-corrected chi connectivity index (χ2v) is 5.10. The minimum absolute atomic E-state index is 0.00496. The first-order chi connectivity index (χ1) is 10.2. The van der Waals surface area contributed by atoms with Gasteiger partial charge in [-0.05, 0) is 38.1 Å². The van der Waals surface area contributed by atoms with E-state index in [0.717, 1.165) is 30.1 Å². The van der Waals surface area contributed by atoms with Crippen LogP contribution in [-0.2, 0) is 6.54 Å². The zero-order valence-electron chi connectivity index (χ0n) is 12.8. The van der Waals surface area contributed by atoms with Crippen LogP contribution in [0.15, 0.2) is 30.5 Å². The maximum absolute atomic E-state index is 6.35. The van der Waals surface area contributed by atoms with Gasteiger partial charge in [0, 0.05) is 6.54 Å². The summed E-state index contributed by atoms with van der Waals surface area (Å²) < 4.78 is 7.53. The second kappa shape index (κ2) is 7.48.